The van der Waals surface area contributed by atoms with E-state index < -0.39 is 0 Å². The van der Waals surface area contributed by atoms with Crippen molar-refractivity contribution in [2.24, 2.45) is 0 Å². The predicted octanol–water partition coefficient (Wildman–Crippen LogP) is 15.2. The van der Waals surface area contributed by atoms with Crippen molar-refractivity contribution in [1.29, 1.82) is 0 Å². The van der Waals surface area contributed by atoms with Crippen LogP contribution in [0, 0.1) is 0 Å². The molecule has 0 atom stereocenters. The second kappa shape index (κ2) is 12.7. The predicted molar refractivity (Wildman–Crippen MR) is 244 cm³/mol. The Hall–Kier alpha value is -7.20. The van der Waals surface area contributed by atoms with Crippen molar-refractivity contribution in [3.05, 3.63) is 206 Å². The van der Waals surface area contributed by atoms with E-state index in [1.165, 1.54) is 109 Å². The zero-order valence-electron chi connectivity index (χ0n) is 30.9. The highest BCUT2D eigenvalue weighted by atomic mass is 32.1. The first kappa shape index (κ1) is 32.1. The summed E-state index contributed by atoms with van der Waals surface area (Å²) in [4.78, 5) is 0. The maximum atomic E-state index is 2.50. The van der Waals surface area contributed by atoms with Gasteiger partial charge in [-0.15, -0.1) is 11.3 Å². The van der Waals surface area contributed by atoms with Crippen molar-refractivity contribution in [1.82, 2.24) is 9.13 Å². The van der Waals surface area contributed by atoms with Crippen molar-refractivity contribution < 1.29 is 0 Å². The molecule has 3 heteroatoms. The molecular weight excluding hydrogens is 709 g/mol. The summed E-state index contributed by atoms with van der Waals surface area (Å²) in [5, 5.41) is 7.64. The van der Waals surface area contributed by atoms with Gasteiger partial charge in [-0.25, -0.2) is 0 Å². The zero-order valence-corrected chi connectivity index (χ0v) is 31.7. The quantitative estimate of drug-likeness (QED) is 0.166. The highest BCUT2D eigenvalue weighted by Crippen LogP contribution is 2.47. The van der Waals surface area contributed by atoms with Gasteiger partial charge in [0, 0.05) is 42.7 Å². The largest absolute Gasteiger partial charge is 0.309 e. The van der Waals surface area contributed by atoms with Crippen molar-refractivity contribution in [2.45, 2.75) is 0 Å². The Morgan fingerprint density at radius 2 is 0.930 bits per heavy atom. The van der Waals surface area contributed by atoms with Crippen molar-refractivity contribution in [3.8, 4) is 44.8 Å². The maximum Gasteiger partial charge on any atom is 0.0641 e. The molecule has 0 spiro atoms. The Bertz CT molecular complexity index is 3510. The molecule has 0 radical (unpaired) electrons. The van der Waals surface area contributed by atoms with Crippen LogP contribution in [0.15, 0.2) is 206 Å². The van der Waals surface area contributed by atoms with Crippen molar-refractivity contribution in [3.63, 3.8) is 0 Å². The Balaban J connectivity index is 1.11. The molecule has 0 bridgehead atoms. The van der Waals surface area contributed by atoms with Gasteiger partial charge in [-0.2, -0.15) is 0 Å². The maximum absolute atomic E-state index is 2.50. The van der Waals surface area contributed by atoms with Gasteiger partial charge in [-0.05, 0) is 88.0 Å². The first-order valence-electron chi connectivity index (χ1n) is 19.5. The summed E-state index contributed by atoms with van der Waals surface area (Å²) in [6.07, 6.45) is 0. The number of benzene rings is 9. The van der Waals surface area contributed by atoms with E-state index >= 15 is 0 Å². The summed E-state index contributed by atoms with van der Waals surface area (Å²) in [6.45, 7) is 0. The Kier molecular flexibility index (Phi) is 7.13. The van der Waals surface area contributed by atoms with Crippen LogP contribution in [0.4, 0.5) is 0 Å². The number of hydrogen-bond donors (Lipinski definition) is 0. The van der Waals surface area contributed by atoms with Crippen LogP contribution in [0.2, 0.25) is 0 Å². The fourth-order valence-electron chi connectivity index (χ4n) is 9.32. The van der Waals surface area contributed by atoms with Gasteiger partial charge in [-0.1, -0.05) is 152 Å². The number of aromatic nitrogens is 2. The minimum absolute atomic E-state index is 1.17. The monoisotopic (exact) mass is 742 g/mol. The molecule has 12 aromatic rings. The third-order valence-electron chi connectivity index (χ3n) is 11.7. The fourth-order valence-corrected chi connectivity index (χ4v) is 10.6. The number of fused-ring (bicyclic) bond motifs is 9. The molecule has 3 aromatic heterocycles. The van der Waals surface area contributed by atoms with Gasteiger partial charge in [0.15, 0.2) is 0 Å². The van der Waals surface area contributed by atoms with Gasteiger partial charge in [0.2, 0.25) is 0 Å². The molecule has 0 aliphatic heterocycles. The van der Waals surface area contributed by atoms with Crippen molar-refractivity contribution in [2.75, 3.05) is 0 Å². The number of para-hydroxylation sites is 3. The normalized spacial score (nSPS) is 11.9. The van der Waals surface area contributed by atoms with E-state index in [1.807, 2.05) is 11.3 Å². The third-order valence-corrected chi connectivity index (χ3v) is 12.9. The molecule has 12 rings (SSSR count). The Morgan fingerprint density at radius 1 is 0.316 bits per heavy atom. The van der Waals surface area contributed by atoms with Crippen LogP contribution >= 0.6 is 11.3 Å². The molecule has 0 aliphatic rings. The Morgan fingerprint density at radius 3 is 1.75 bits per heavy atom. The molecular formula is C54H34N2S. The standard InChI is InChI=1S/C54H34N2S/c1-3-16-35(17-4-1)38-20-7-8-21-40(38)42-31-33-50(54-53(42)44-24-11-14-29-51(44)57-54)56-46-26-12-9-22-41(46)45-34-36(30-32-48(45)56)39-25-15-28-49-52(39)43-23-10-13-27-47(43)55(49)37-18-5-2-6-19-37/h1-34H. The summed E-state index contributed by atoms with van der Waals surface area (Å²) in [6, 6.07) is 75.5. The summed E-state index contributed by atoms with van der Waals surface area (Å²) in [5.41, 5.74) is 14.6. The molecule has 57 heavy (non-hydrogen) atoms. The topological polar surface area (TPSA) is 9.86 Å². The van der Waals surface area contributed by atoms with E-state index in [4.69, 9.17) is 0 Å². The van der Waals surface area contributed by atoms with Gasteiger partial charge in [0.05, 0.1) is 32.5 Å². The Labute approximate surface area is 333 Å². The first-order chi connectivity index (χ1) is 28.3. The third kappa shape index (κ3) is 4.83. The second-order valence-corrected chi connectivity index (χ2v) is 15.9. The van der Waals surface area contributed by atoms with Gasteiger partial charge in [0.25, 0.3) is 0 Å². The van der Waals surface area contributed by atoms with Crippen LogP contribution in [0.25, 0.3) is 109 Å². The number of hydrogen-bond acceptors (Lipinski definition) is 1. The molecule has 0 N–H and O–H groups in total. The number of nitrogens with zero attached hydrogens (tertiary/aromatic N) is 2. The van der Waals surface area contributed by atoms with E-state index in [2.05, 4.69) is 215 Å². The zero-order chi connectivity index (χ0) is 37.5. The molecule has 0 amide bonds. The van der Waals surface area contributed by atoms with Crippen LogP contribution < -0.4 is 0 Å². The van der Waals surface area contributed by atoms with Crippen LogP contribution in [0.1, 0.15) is 0 Å². The van der Waals surface area contributed by atoms with Gasteiger partial charge in [-0.3, -0.25) is 0 Å². The number of thiophene rings is 1. The number of rotatable bonds is 5. The summed E-state index contributed by atoms with van der Waals surface area (Å²) < 4.78 is 7.49. The molecule has 0 aliphatic carbocycles. The van der Waals surface area contributed by atoms with Crippen LogP contribution in [0.3, 0.4) is 0 Å². The van der Waals surface area contributed by atoms with E-state index in [0.29, 0.717) is 0 Å². The molecule has 2 nitrogen and oxygen atoms in total. The van der Waals surface area contributed by atoms with E-state index in [1.54, 1.807) is 0 Å². The molecule has 0 fully saturated rings. The average molecular weight is 743 g/mol. The second-order valence-electron chi connectivity index (χ2n) is 14.8. The lowest BCUT2D eigenvalue weighted by atomic mass is 9.91. The summed E-state index contributed by atoms with van der Waals surface area (Å²) in [7, 11) is 0. The first-order valence-corrected chi connectivity index (χ1v) is 20.3. The van der Waals surface area contributed by atoms with Crippen LogP contribution in [-0.4, -0.2) is 9.13 Å². The summed E-state index contributed by atoms with van der Waals surface area (Å²) >= 11 is 1.89. The molecule has 0 unspecified atom stereocenters. The van der Waals surface area contributed by atoms with E-state index in [0.717, 1.165) is 0 Å². The summed E-state index contributed by atoms with van der Waals surface area (Å²) in [5.74, 6) is 0. The van der Waals surface area contributed by atoms with Gasteiger partial charge >= 0.3 is 0 Å². The average Bonchev–Trinajstić information content (AvgIpc) is 3.95. The molecule has 0 saturated heterocycles. The van der Waals surface area contributed by atoms with Crippen LogP contribution in [0.5, 0.6) is 0 Å². The minimum atomic E-state index is 1.17. The van der Waals surface area contributed by atoms with E-state index in [-0.39, 0.29) is 0 Å². The lowest BCUT2D eigenvalue weighted by Crippen LogP contribution is -1.95. The van der Waals surface area contributed by atoms with Crippen molar-refractivity contribution >= 4 is 75.1 Å². The molecule has 3 heterocycles. The highest BCUT2D eigenvalue weighted by Gasteiger charge is 2.22. The fraction of sp³-hybridized carbons (Fsp3) is 0. The van der Waals surface area contributed by atoms with Gasteiger partial charge in [0.1, 0.15) is 0 Å². The lowest BCUT2D eigenvalue weighted by Gasteiger charge is -2.15. The molecule has 0 saturated carbocycles. The minimum Gasteiger partial charge on any atom is -0.309 e. The lowest BCUT2D eigenvalue weighted by molar-refractivity contribution is 1.18. The smallest absolute Gasteiger partial charge is 0.0641 e. The van der Waals surface area contributed by atoms with E-state index in [9.17, 15) is 0 Å². The molecule has 9 aromatic carbocycles. The SMILES string of the molecule is c1ccc(-c2ccccc2-c2ccc(-n3c4ccccc4c4cc(-c5cccc6c5c5ccccc5n6-c5ccccc5)ccc43)c3sc4ccccc4c23)cc1. The van der Waals surface area contributed by atoms with Gasteiger partial charge < -0.3 is 9.13 Å². The molecule has 266 valence electrons. The van der Waals surface area contributed by atoms with Crippen LogP contribution in [-0.2, 0) is 0 Å². The highest BCUT2D eigenvalue weighted by molar-refractivity contribution is 7.26.